The van der Waals surface area contributed by atoms with Crippen molar-refractivity contribution in [1.29, 1.82) is 0 Å². The highest BCUT2D eigenvalue weighted by atomic mass is 19.1. The van der Waals surface area contributed by atoms with Crippen LogP contribution in [0.2, 0.25) is 0 Å². The van der Waals surface area contributed by atoms with E-state index in [9.17, 15) is 4.39 Å². The Morgan fingerprint density at radius 2 is 2.29 bits per heavy atom. The molecule has 0 fully saturated rings. The molecule has 0 aliphatic heterocycles. The highest BCUT2D eigenvalue weighted by Gasteiger charge is 2.05. The number of halogens is 1. The van der Waals surface area contributed by atoms with Crippen LogP contribution in [0.1, 0.15) is 5.56 Å². The second kappa shape index (κ2) is 7.21. The van der Waals surface area contributed by atoms with E-state index >= 15 is 0 Å². The maximum Gasteiger partial charge on any atom is 0.123 e. The Labute approximate surface area is 101 Å². The fraction of sp³-hybridized carbons (Fsp3) is 0.500. The first kappa shape index (κ1) is 13.9. The quantitative estimate of drug-likeness (QED) is 0.601. The van der Waals surface area contributed by atoms with Crippen LogP contribution in [-0.4, -0.2) is 38.0 Å². The summed E-state index contributed by atoms with van der Waals surface area (Å²) in [6.07, 6.45) is 0.652. The normalized spacial score (nSPS) is 12.5. The second-order valence-corrected chi connectivity index (χ2v) is 3.85. The van der Waals surface area contributed by atoms with Crippen LogP contribution in [0.25, 0.3) is 0 Å². The van der Waals surface area contributed by atoms with Gasteiger partial charge in [-0.3, -0.25) is 0 Å². The minimum Gasteiger partial charge on any atom is -0.496 e. The van der Waals surface area contributed by atoms with E-state index in [0.29, 0.717) is 25.3 Å². The van der Waals surface area contributed by atoms with Crippen LogP contribution in [0, 0.1) is 5.82 Å². The van der Waals surface area contributed by atoms with Gasteiger partial charge in [-0.05, 0) is 36.7 Å². The molecule has 4 nitrogen and oxygen atoms in total. The molecule has 96 valence electrons. The summed E-state index contributed by atoms with van der Waals surface area (Å²) in [5.41, 5.74) is 6.35. The number of aliphatic hydroxyl groups excluding tert-OH is 1. The summed E-state index contributed by atoms with van der Waals surface area (Å²) < 4.78 is 18.2. The molecule has 5 heteroatoms. The van der Waals surface area contributed by atoms with Gasteiger partial charge >= 0.3 is 0 Å². The third-order valence-corrected chi connectivity index (χ3v) is 2.45. The van der Waals surface area contributed by atoms with Crippen molar-refractivity contribution in [3.8, 4) is 5.75 Å². The average molecular weight is 242 g/mol. The fourth-order valence-corrected chi connectivity index (χ4v) is 1.52. The highest BCUT2D eigenvalue weighted by Crippen LogP contribution is 2.19. The molecule has 0 saturated heterocycles. The Balaban J connectivity index is 2.42. The number of hydrogen-bond acceptors (Lipinski definition) is 4. The van der Waals surface area contributed by atoms with Crippen molar-refractivity contribution in [2.24, 2.45) is 5.73 Å². The molecule has 0 aliphatic rings. The molecule has 1 aromatic rings. The third kappa shape index (κ3) is 4.68. The van der Waals surface area contributed by atoms with Gasteiger partial charge in [0, 0.05) is 12.6 Å². The first-order valence-corrected chi connectivity index (χ1v) is 5.57. The van der Waals surface area contributed by atoms with Crippen molar-refractivity contribution in [3.05, 3.63) is 29.6 Å². The molecule has 1 atom stereocenters. The Morgan fingerprint density at radius 1 is 1.53 bits per heavy atom. The highest BCUT2D eigenvalue weighted by molar-refractivity contribution is 5.34. The van der Waals surface area contributed by atoms with Crippen molar-refractivity contribution in [2.75, 3.05) is 26.8 Å². The number of nitrogens with two attached hydrogens (primary N) is 1. The zero-order valence-electron chi connectivity index (χ0n) is 9.95. The Hall–Kier alpha value is -1.17. The van der Waals surface area contributed by atoms with Gasteiger partial charge in [0.1, 0.15) is 11.6 Å². The second-order valence-electron chi connectivity index (χ2n) is 3.85. The average Bonchev–Trinajstić information content (AvgIpc) is 2.34. The van der Waals surface area contributed by atoms with Crippen molar-refractivity contribution in [1.82, 2.24) is 5.32 Å². The lowest BCUT2D eigenvalue weighted by Gasteiger charge is -2.11. The van der Waals surface area contributed by atoms with Crippen LogP contribution in [-0.2, 0) is 6.42 Å². The minimum absolute atomic E-state index is 0.0454. The van der Waals surface area contributed by atoms with Gasteiger partial charge in [0.05, 0.1) is 13.7 Å². The lowest BCUT2D eigenvalue weighted by molar-refractivity contribution is 0.262. The predicted octanol–water partition coefficient (Wildman–Crippen LogP) is 0.286. The predicted molar refractivity (Wildman–Crippen MR) is 64.6 cm³/mol. The van der Waals surface area contributed by atoms with E-state index in [0.717, 1.165) is 5.56 Å². The van der Waals surface area contributed by atoms with Gasteiger partial charge in [0.2, 0.25) is 0 Å². The van der Waals surface area contributed by atoms with Crippen LogP contribution in [0.4, 0.5) is 4.39 Å². The Kier molecular flexibility index (Phi) is 5.90. The molecular formula is C12H19FN2O2. The summed E-state index contributed by atoms with van der Waals surface area (Å²) in [4.78, 5) is 0. The van der Waals surface area contributed by atoms with Crippen LogP contribution in [0.3, 0.4) is 0 Å². The molecular weight excluding hydrogens is 223 g/mol. The van der Waals surface area contributed by atoms with Gasteiger partial charge in [0.15, 0.2) is 0 Å². The maximum atomic E-state index is 13.0. The van der Waals surface area contributed by atoms with Gasteiger partial charge in [-0.2, -0.15) is 0 Å². The van der Waals surface area contributed by atoms with E-state index in [1.807, 2.05) is 0 Å². The summed E-state index contributed by atoms with van der Waals surface area (Å²) in [5.74, 6) is 0.410. The van der Waals surface area contributed by atoms with E-state index in [2.05, 4.69) is 5.32 Å². The molecule has 1 aromatic carbocycles. The lowest BCUT2D eigenvalue weighted by atomic mass is 10.1. The lowest BCUT2D eigenvalue weighted by Crippen LogP contribution is -2.37. The van der Waals surface area contributed by atoms with E-state index in [1.54, 1.807) is 13.2 Å². The molecule has 0 bridgehead atoms. The summed E-state index contributed by atoms with van der Waals surface area (Å²) in [5, 5.41) is 11.8. The third-order valence-electron chi connectivity index (χ3n) is 2.45. The van der Waals surface area contributed by atoms with Gasteiger partial charge in [-0.15, -0.1) is 0 Å². The van der Waals surface area contributed by atoms with E-state index in [-0.39, 0.29) is 18.5 Å². The summed E-state index contributed by atoms with van der Waals surface area (Å²) in [6.45, 7) is 1.15. The molecule has 0 saturated carbocycles. The molecule has 0 radical (unpaired) electrons. The zero-order valence-corrected chi connectivity index (χ0v) is 9.95. The topological polar surface area (TPSA) is 67.5 Å². The standard InChI is InChI=1S/C12H19FN2O2/c1-17-12-3-2-10(13)6-9(12)4-5-15-7-11(14)8-16/h2-3,6,11,15-16H,4-5,7-8,14H2,1H3. The van der Waals surface area contributed by atoms with Gasteiger partial charge in [0.25, 0.3) is 0 Å². The minimum atomic E-state index is -0.271. The molecule has 17 heavy (non-hydrogen) atoms. The van der Waals surface area contributed by atoms with Gasteiger partial charge in [-0.1, -0.05) is 0 Å². The Bertz CT molecular complexity index is 347. The van der Waals surface area contributed by atoms with Crippen molar-refractivity contribution in [2.45, 2.75) is 12.5 Å². The first-order chi connectivity index (χ1) is 8.17. The Morgan fingerprint density at radius 3 is 2.94 bits per heavy atom. The monoisotopic (exact) mass is 242 g/mol. The molecule has 1 unspecified atom stereocenters. The van der Waals surface area contributed by atoms with Gasteiger partial charge < -0.3 is 20.9 Å². The molecule has 1 rings (SSSR count). The number of benzene rings is 1. The smallest absolute Gasteiger partial charge is 0.123 e. The number of ether oxygens (including phenoxy) is 1. The largest absolute Gasteiger partial charge is 0.496 e. The molecule has 0 aromatic heterocycles. The number of rotatable bonds is 7. The number of hydrogen-bond donors (Lipinski definition) is 3. The molecule has 4 N–H and O–H groups in total. The summed E-state index contributed by atoms with van der Waals surface area (Å²) in [7, 11) is 1.56. The SMILES string of the molecule is COc1ccc(F)cc1CCNCC(N)CO. The van der Waals surface area contributed by atoms with E-state index < -0.39 is 0 Å². The van der Waals surface area contributed by atoms with E-state index in [1.165, 1.54) is 12.1 Å². The molecule has 0 amide bonds. The number of methoxy groups -OCH3 is 1. The van der Waals surface area contributed by atoms with Crippen LogP contribution < -0.4 is 15.8 Å². The van der Waals surface area contributed by atoms with Gasteiger partial charge in [-0.25, -0.2) is 4.39 Å². The van der Waals surface area contributed by atoms with Crippen LogP contribution in [0.5, 0.6) is 5.75 Å². The van der Waals surface area contributed by atoms with Crippen molar-refractivity contribution < 1.29 is 14.2 Å². The number of nitrogens with one attached hydrogen (secondary N) is 1. The summed E-state index contributed by atoms with van der Waals surface area (Å²) >= 11 is 0. The van der Waals surface area contributed by atoms with Crippen molar-refractivity contribution in [3.63, 3.8) is 0 Å². The first-order valence-electron chi connectivity index (χ1n) is 5.57. The summed E-state index contributed by atoms with van der Waals surface area (Å²) in [6, 6.07) is 4.19. The molecule has 0 spiro atoms. The maximum absolute atomic E-state index is 13.0. The molecule has 0 aliphatic carbocycles. The van der Waals surface area contributed by atoms with E-state index in [4.69, 9.17) is 15.6 Å². The fourth-order valence-electron chi connectivity index (χ4n) is 1.52. The van der Waals surface area contributed by atoms with Crippen LogP contribution in [0.15, 0.2) is 18.2 Å². The van der Waals surface area contributed by atoms with Crippen LogP contribution >= 0.6 is 0 Å². The van der Waals surface area contributed by atoms with Crippen molar-refractivity contribution >= 4 is 0 Å². The molecule has 0 heterocycles. The zero-order chi connectivity index (χ0) is 12.7. The number of aliphatic hydroxyl groups is 1.